The van der Waals surface area contributed by atoms with E-state index in [1.54, 1.807) is 29.1 Å². The first-order valence-corrected chi connectivity index (χ1v) is 8.04. The second-order valence-corrected chi connectivity index (χ2v) is 5.98. The van der Waals surface area contributed by atoms with Gasteiger partial charge in [-0.15, -0.1) is 11.3 Å². The van der Waals surface area contributed by atoms with Gasteiger partial charge >= 0.3 is 0 Å². The number of aryl methyl sites for hydroxylation is 1. The Bertz CT molecular complexity index is 593. The monoisotopic (exact) mass is 306 g/mol. The van der Waals surface area contributed by atoms with Crippen LogP contribution in [0.2, 0.25) is 0 Å². The van der Waals surface area contributed by atoms with Crippen LogP contribution in [-0.4, -0.2) is 29.7 Å². The average molecular weight is 306 g/mol. The quantitative estimate of drug-likeness (QED) is 0.752. The second-order valence-electron chi connectivity index (χ2n) is 4.94. The molecule has 2 aromatic heterocycles. The van der Waals surface area contributed by atoms with Crippen LogP contribution in [0.4, 0.5) is 0 Å². The Kier molecular flexibility index (Phi) is 6.17. The SMILES string of the molecule is CCn1cc(CN(CCOC)Cc2cccs2)ccc1=O. The van der Waals surface area contributed by atoms with Gasteiger partial charge in [-0.25, -0.2) is 0 Å². The summed E-state index contributed by atoms with van der Waals surface area (Å²) in [6.07, 6.45) is 1.95. The number of aromatic nitrogens is 1. The summed E-state index contributed by atoms with van der Waals surface area (Å²) >= 11 is 1.77. The van der Waals surface area contributed by atoms with Crippen molar-refractivity contribution in [1.29, 1.82) is 0 Å². The maximum Gasteiger partial charge on any atom is 0.250 e. The highest BCUT2D eigenvalue weighted by Gasteiger charge is 2.08. The molecule has 21 heavy (non-hydrogen) atoms. The Morgan fingerprint density at radius 3 is 2.81 bits per heavy atom. The maximum absolute atomic E-state index is 11.6. The Labute approximate surface area is 129 Å². The first-order chi connectivity index (χ1) is 10.2. The van der Waals surface area contributed by atoms with E-state index in [0.29, 0.717) is 13.2 Å². The fourth-order valence-electron chi connectivity index (χ4n) is 2.24. The molecule has 0 fully saturated rings. The van der Waals surface area contributed by atoms with E-state index in [1.807, 2.05) is 19.2 Å². The molecule has 4 nitrogen and oxygen atoms in total. The van der Waals surface area contributed by atoms with Crippen molar-refractivity contribution in [3.05, 3.63) is 56.6 Å². The van der Waals surface area contributed by atoms with Crippen molar-refractivity contribution in [2.24, 2.45) is 0 Å². The molecule has 5 heteroatoms. The van der Waals surface area contributed by atoms with Crippen LogP contribution in [0.25, 0.3) is 0 Å². The third-order valence-corrected chi connectivity index (χ3v) is 4.22. The van der Waals surface area contributed by atoms with Crippen LogP contribution in [0.5, 0.6) is 0 Å². The van der Waals surface area contributed by atoms with E-state index < -0.39 is 0 Å². The van der Waals surface area contributed by atoms with Gasteiger partial charge in [-0.2, -0.15) is 0 Å². The number of rotatable bonds is 8. The molecule has 0 aliphatic carbocycles. The van der Waals surface area contributed by atoms with Gasteiger partial charge < -0.3 is 9.30 Å². The van der Waals surface area contributed by atoms with Gasteiger partial charge in [0.05, 0.1) is 6.61 Å². The lowest BCUT2D eigenvalue weighted by molar-refractivity contribution is 0.140. The van der Waals surface area contributed by atoms with Crippen molar-refractivity contribution in [2.45, 2.75) is 26.6 Å². The zero-order chi connectivity index (χ0) is 15.1. The lowest BCUT2D eigenvalue weighted by Crippen LogP contribution is -2.27. The predicted molar refractivity (Wildman–Crippen MR) is 86.7 cm³/mol. The van der Waals surface area contributed by atoms with Crippen LogP contribution < -0.4 is 5.56 Å². The van der Waals surface area contributed by atoms with Crippen molar-refractivity contribution in [3.8, 4) is 0 Å². The Balaban J connectivity index is 2.08. The molecule has 0 amide bonds. The minimum absolute atomic E-state index is 0.0583. The number of thiophene rings is 1. The highest BCUT2D eigenvalue weighted by atomic mass is 32.1. The topological polar surface area (TPSA) is 34.5 Å². The first-order valence-electron chi connectivity index (χ1n) is 7.16. The minimum Gasteiger partial charge on any atom is -0.383 e. The molecule has 0 N–H and O–H groups in total. The van der Waals surface area contributed by atoms with Crippen LogP contribution in [0.1, 0.15) is 17.4 Å². The molecule has 0 bridgehead atoms. The van der Waals surface area contributed by atoms with Crippen molar-refractivity contribution >= 4 is 11.3 Å². The van der Waals surface area contributed by atoms with Crippen LogP contribution in [0.3, 0.4) is 0 Å². The van der Waals surface area contributed by atoms with Crippen LogP contribution >= 0.6 is 11.3 Å². The molecular formula is C16H22N2O2S. The van der Waals surface area contributed by atoms with Gasteiger partial charge in [0.1, 0.15) is 0 Å². The number of ether oxygens (including phenoxy) is 1. The standard InChI is InChI=1S/C16H22N2O2S/c1-3-18-12-14(6-7-16(18)19)11-17(8-9-20-2)13-15-5-4-10-21-15/h4-7,10,12H,3,8-9,11,13H2,1-2H3. The van der Waals surface area contributed by atoms with Gasteiger partial charge in [0.25, 0.3) is 5.56 Å². The summed E-state index contributed by atoms with van der Waals surface area (Å²) in [6, 6.07) is 7.80. The molecule has 0 saturated carbocycles. The summed E-state index contributed by atoms with van der Waals surface area (Å²) < 4.78 is 6.94. The van der Waals surface area contributed by atoms with Crippen LogP contribution in [0.15, 0.2) is 40.6 Å². The van der Waals surface area contributed by atoms with Crippen molar-refractivity contribution < 1.29 is 4.74 Å². The highest BCUT2D eigenvalue weighted by molar-refractivity contribution is 7.09. The lowest BCUT2D eigenvalue weighted by atomic mass is 10.2. The minimum atomic E-state index is 0.0583. The zero-order valence-corrected chi connectivity index (χ0v) is 13.4. The van der Waals surface area contributed by atoms with Gasteiger partial charge in [0.2, 0.25) is 0 Å². The molecule has 0 aliphatic rings. The number of hydrogen-bond acceptors (Lipinski definition) is 4. The third kappa shape index (κ3) is 4.81. The molecule has 0 unspecified atom stereocenters. The molecule has 114 valence electrons. The van der Waals surface area contributed by atoms with E-state index in [9.17, 15) is 4.79 Å². The molecule has 2 heterocycles. The van der Waals surface area contributed by atoms with Crippen molar-refractivity contribution in [3.63, 3.8) is 0 Å². The number of pyridine rings is 1. The average Bonchev–Trinajstić information content (AvgIpc) is 2.99. The highest BCUT2D eigenvalue weighted by Crippen LogP contribution is 2.14. The maximum atomic E-state index is 11.6. The fourth-order valence-corrected chi connectivity index (χ4v) is 2.98. The summed E-state index contributed by atoms with van der Waals surface area (Å²) in [5.74, 6) is 0. The summed E-state index contributed by atoms with van der Waals surface area (Å²) in [7, 11) is 1.72. The summed E-state index contributed by atoms with van der Waals surface area (Å²) in [5.41, 5.74) is 1.21. The van der Waals surface area contributed by atoms with E-state index in [1.165, 1.54) is 4.88 Å². The molecule has 0 aromatic carbocycles. The largest absolute Gasteiger partial charge is 0.383 e. The normalized spacial score (nSPS) is 11.2. The number of nitrogens with zero attached hydrogens (tertiary/aromatic N) is 2. The van der Waals surface area contributed by atoms with E-state index in [0.717, 1.165) is 25.2 Å². The van der Waals surface area contributed by atoms with E-state index in [4.69, 9.17) is 4.74 Å². The Hall–Kier alpha value is -1.43. The van der Waals surface area contributed by atoms with E-state index in [-0.39, 0.29) is 5.56 Å². The van der Waals surface area contributed by atoms with Crippen LogP contribution in [0, 0.1) is 0 Å². The van der Waals surface area contributed by atoms with Crippen molar-refractivity contribution in [1.82, 2.24) is 9.47 Å². The molecule has 2 aromatic rings. The van der Waals surface area contributed by atoms with Crippen LogP contribution in [-0.2, 0) is 24.4 Å². The zero-order valence-electron chi connectivity index (χ0n) is 12.6. The predicted octanol–water partition coefficient (Wildman–Crippen LogP) is 2.58. The van der Waals surface area contributed by atoms with Gasteiger partial charge in [0, 0.05) is 50.4 Å². The van der Waals surface area contributed by atoms with Crippen molar-refractivity contribution in [2.75, 3.05) is 20.3 Å². The number of methoxy groups -OCH3 is 1. The summed E-state index contributed by atoms with van der Waals surface area (Å²) in [4.78, 5) is 15.3. The molecule has 0 atom stereocenters. The Morgan fingerprint density at radius 2 is 2.14 bits per heavy atom. The summed E-state index contributed by atoms with van der Waals surface area (Å²) in [5, 5.41) is 2.10. The second kappa shape index (κ2) is 8.12. The molecule has 0 saturated heterocycles. The molecular weight excluding hydrogens is 284 g/mol. The molecule has 2 rings (SSSR count). The van der Waals surface area contributed by atoms with Gasteiger partial charge in [-0.05, 0) is 23.9 Å². The fraction of sp³-hybridized carbons (Fsp3) is 0.438. The smallest absolute Gasteiger partial charge is 0.250 e. The summed E-state index contributed by atoms with van der Waals surface area (Å²) in [6.45, 7) is 6.00. The van der Waals surface area contributed by atoms with E-state index in [2.05, 4.69) is 22.4 Å². The van der Waals surface area contributed by atoms with Gasteiger partial charge in [0.15, 0.2) is 0 Å². The van der Waals surface area contributed by atoms with Gasteiger partial charge in [-0.3, -0.25) is 9.69 Å². The molecule has 0 spiro atoms. The van der Waals surface area contributed by atoms with Gasteiger partial charge in [-0.1, -0.05) is 12.1 Å². The number of hydrogen-bond donors (Lipinski definition) is 0. The first kappa shape index (κ1) is 15.9. The third-order valence-electron chi connectivity index (χ3n) is 3.36. The Morgan fingerprint density at radius 1 is 1.29 bits per heavy atom. The molecule has 0 radical (unpaired) electrons. The lowest BCUT2D eigenvalue weighted by Gasteiger charge is -2.21. The molecule has 0 aliphatic heterocycles. The van der Waals surface area contributed by atoms with E-state index >= 15 is 0 Å².